The highest BCUT2D eigenvalue weighted by molar-refractivity contribution is 7.89. The summed E-state index contributed by atoms with van der Waals surface area (Å²) >= 11 is 0. The molecule has 4 rings (SSSR count). The number of ether oxygens (including phenoxy) is 1. The number of nitrogens with one attached hydrogen (secondary N) is 1. The minimum atomic E-state index is -3.55. The molecule has 0 bridgehead atoms. The van der Waals surface area contributed by atoms with E-state index in [-0.39, 0.29) is 28.7 Å². The highest BCUT2D eigenvalue weighted by Crippen LogP contribution is 2.31. The number of carbonyl (C=O) groups is 2. The molecule has 3 aliphatic rings. The summed E-state index contributed by atoms with van der Waals surface area (Å²) in [6.45, 7) is 5.98. The summed E-state index contributed by atoms with van der Waals surface area (Å²) in [5, 5.41) is 2.87. The number of anilines is 1. The monoisotopic (exact) mass is 450 g/mol. The van der Waals surface area contributed by atoms with Crippen molar-refractivity contribution in [3.63, 3.8) is 0 Å². The maximum absolute atomic E-state index is 12.7. The van der Waals surface area contributed by atoms with Gasteiger partial charge in [-0.1, -0.05) is 0 Å². The van der Waals surface area contributed by atoms with Crippen molar-refractivity contribution < 1.29 is 22.7 Å². The summed E-state index contributed by atoms with van der Waals surface area (Å²) < 4.78 is 32.0. The molecule has 1 saturated carbocycles. The Labute approximate surface area is 183 Å². The van der Waals surface area contributed by atoms with E-state index in [9.17, 15) is 18.0 Å². The molecule has 3 fully saturated rings. The van der Waals surface area contributed by atoms with Crippen molar-refractivity contribution in [3.05, 3.63) is 24.3 Å². The number of hydrogen-bond acceptors (Lipinski definition) is 6. The molecular weight excluding hydrogens is 420 g/mol. The van der Waals surface area contributed by atoms with Crippen LogP contribution in [0.15, 0.2) is 29.2 Å². The van der Waals surface area contributed by atoms with Gasteiger partial charge in [-0.15, -0.1) is 0 Å². The second kappa shape index (κ2) is 9.23. The lowest BCUT2D eigenvalue weighted by Crippen LogP contribution is -2.54. The first kappa shape index (κ1) is 22.2. The zero-order chi connectivity index (χ0) is 22.0. The van der Waals surface area contributed by atoms with Crippen molar-refractivity contribution in [3.8, 4) is 0 Å². The molecule has 31 heavy (non-hydrogen) atoms. The average molecular weight is 451 g/mol. The molecule has 2 amide bonds. The molecule has 0 aromatic heterocycles. The van der Waals surface area contributed by atoms with E-state index in [0.717, 1.165) is 12.8 Å². The van der Waals surface area contributed by atoms with Crippen LogP contribution in [0.25, 0.3) is 0 Å². The summed E-state index contributed by atoms with van der Waals surface area (Å²) in [6.07, 6.45) is 2.01. The Morgan fingerprint density at radius 3 is 2.19 bits per heavy atom. The van der Waals surface area contributed by atoms with Crippen LogP contribution in [0.4, 0.5) is 5.69 Å². The number of carbonyl (C=O) groups excluding carboxylic acids is 2. The number of nitrogens with zero attached hydrogens (tertiary/aromatic N) is 3. The van der Waals surface area contributed by atoms with Gasteiger partial charge in [0, 0.05) is 50.9 Å². The number of sulfonamides is 1. The van der Waals surface area contributed by atoms with Crippen molar-refractivity contribution in [1.82, 2.24) is 14.1 Å². The fourth-order valence-electron chi connectivity index (χ4n) is 3.98. The van der Waals surface area contributed by atoms with Crippen LogP contribution in [-0.2, 0) is 24.3 Å². The SMILES string of the molecule is CC(C(=O)Nc1ccc(S(=O)(=O)N2CCOCC2)cc1)N1CCN(C(=O)C2CC2)CC1. The zero-order valence-corrected chi connectivity index (χ0v) is 18.6. The van der Waals surface area contributed by atoms with Gasteiger partial charge in [-0.3, -0.25) is 14.5 Å². The van der Waals surface area contributed by atoms with E-state index in [1.165, 1.54) is 16.4 Å². The van der Waals surface area contributed by atoms with E-state index in [0.29, 0.717) is 58.2 Å². The Morgan fingerprint density at radius 1 is 1.00 bits per heavy atom. The lowest BCUT2D eigenvalue weighted by Gasteiger charge is -2.37. The number of benzene rings is 1. The normalized spacial score (nSPS) is 22.2. The highest BCUT2D eigenvalue weighted by atomic mass is 32.2. The highest BCUT2D eigenvalue weighted by Gasteiger charge is 2.35. The summed E-state index contributed by atoms with van der Waals surface area (Å²) in [6, 6.07) is 5.93. The third kappa shape index (κ3) is 5.08. The van der Waals surface area contributed by atoms with Crippen molar-refractivity contribution in [1.29, 1.82) is 0 Å². The quantitative estimate of drug-likeness (QED) is 0.681. The van der Waals surface area contributed by atoms with Crippen molar-refractivity contribution in [2.75, 3.05) is 57.8 Å². The Bertz CT molecular complexity index is 902. The van der Waals surface area contributed by atoms with Crippen LogP contribution in [0.5, 0.6) is 0 Å². The maximum Gasteiger partial charge on any atom is 0.243 e. The summed E-state index contributed by atoms with van der Waals surface area (Å²) in [5.41, 5.74) is 0.556. The molecule has 0 spiro atoms. The number of hydrogen-bond donors (Lipinski definition) is 1. The number of rotatable bonds is 6. The van der Waals surface area contributed by atoms with Crippen LogP contribution < -0.4 is 5.32 Å². The molecule has 2 aliphatic heterocycles. The van der Waals surface area contributed by atoms with Crippen molar-refractivity contribution in [2.24, 2.45) is 5.92 Å². The lowest BCUT2D eigenvalue weighted by molar-refractivity contribution is -0.135. The standard InChI is InChI=1S/C21H30N4O5S/c1-16(23-8-10-24(11-9-23)21(27)17-2-3-17)20(26)22-18-4-6-19(7-5-18)31(28,29)25-12-14-30-15-13-25/h4-7,16-17H,2-3,8-15H2,1H3,(H,22,26). The van der Waals surface area contributed by atoms with Gasteiger partial charge >= 0.3 is 0 Å². The van der Waals surface area contributed by atoms with Gasteiger partial charge in [-0.05, 0) is 44.0 Å². The maximum atomic E-state index is 12.7. The van der Waals surface area contributed by atoms with Crippen LogP contribution in [0.1, 0.15) is 19.8 Å². The van der Waals surface area contributed by atoms with Crippen LogP contribution in [-0.4, -0.2) is 92.9 Å². The average Bonchev–Trinajstić information content (AvgIpc) is 3.65. The minimum Gasteiger partial charge on any atom is -0.379 e. The third-order valence-corrected chi connectivity index (χ3v) is 8.12. The van der Waals surface area contributed by atoms with Gasteiger partial charge in [-0.2, -0.15) is 4.31 Å². The van der Waals surface area contributed by atoms with E-state index in [4.69, 9.17) is 4.74 Å². The zero-order valence-electron chi connectivity index (χ0n) is 17.8. The summed E-state index contributed by atoms with van der Waals surface area (Å²) in [4.78, 5) is 29.1. The lowest BCUT2D eigenvalue weighted by atomic mass is 10.2. The predicted molar refractivity (Wildman–Crippen MR) is 115 cm³/mol. The van der Waals surface area contributed by atoms with Gasteiger partial charge in [-0.25, -0.2) is 8.42 Å². The Kier molecular flexibility index (Phi) is 6.61. The van der Waals surface area contributed by atoms with Gasteiger partial charge in [0.05, 0.1) is 24.2 Å². The van der Waals surface area contributed by atoms with Gasteiger partial charge in [0.1, 0.15) is 0 Å². The molecule has 9 nitrogen and oxygen atoms in total. The molecule has 1 N–H and O–H groups in total. The molecule has 170 valence electrons. The molecule has 2 heterocycles. The second-order valence-electron chi connectivity index (χ2n) is 8.34. The van der Waals surface area contributed by atoms with Crippen LogP contribution in [0, 0.1) is 5.92 Å². The fourth-order valence-corrected chi connectivity index (χ4v) is 5.38. The molecule has 10 heteroatoms. The van der Waals surface area contributed by atoms with Crippen LogP contribution >= 0.6 is 0 Å². The second-order valence-corrected chi connectivity index (χ2v) is 10.3. The van der Waals surface area contributed by atoms with E-state index in [1.54, 1.807) is 12.1 Å². The van der Waals surface area contributed by atoms with Gasteiger partial charge in [0.15, 0.2) is 0 Å². The Hall–Kier alpha value is -2.01. The minimum absolute atomic E-state index is 0.147. The molecule has 1 aromatic carbocycles. The molecule has 1 aliphatic carbocycles. The van der Waals surface area contributed by atoms with Crippen molar-refractivity contribution in [2.45, 2.75) is 30.7 Å². The number of morpholine rings is 1. The Morgan fingerprint density at radius 2 is 1.61 bits per heavy atom. The number of amides is 2. The number of piperazine rings is 1. The molecule has 0 radical (unpaired) electrons. The first-order chi connectivity index (χ1) is 14.9. The first-order valence-electron chi connectivity index (χ1n) is 10.9. The predicted octanol–water partition coefficient (Wildman–Crippen LogP) is 0.589. The fraction of sp³-hybridized carbons (Fsp3) is 0.619. The summed E-state index contributed by atoms with van der Waals surface area (Å²) in [7, 11) is -3.55. The molecule has 2 saturated heterocycles. The molecular formula is C21H30N4O5S. The van der Waals surface area contributed by atoms with Gasteiger partial charge in [0.25, 0.3) is 0 Å². The largest absolute Gasteiger partial charge is 0.379 e. The smallest absolute Gasteiger partial charge is 0.243 e. The van der Waals surface area contributed by atoms with Gasteiger partial charge < -0.3 is 15.0 Å². The van der Waals surface area contributed by atoms with E-state index < -0.39 is 10.0 Å². The van der Waals surface area contributed by atoms with E-state index in [2.05, 4.69) is 10.2 Å². The molecule has 1 unspecified atom stereocenters. The summed E-state index contributed by atoms with van der Waals surface area (Å²) in [5.74, 6) is 0.330. The first-order valence-corrected chi connectivity index (χ1v) is 12.3. The van der Waals surface area contributed by atoms with Gasteiger partial charge in [0.2, 0.25) is 21.8 Å². The molecule has 1 atom stereocenters. The van der Waals surface area contributed by atoms with Crippen LogP contribution in [0.2, 0.25) is 0 Å². The van der Waals surface area contributed by atoms with E-state index in [1.807, 2.05) is 11.8 Å². The Balaban J connectivity index is 1.30. The topological polar surface area (TPSA) is 99.3 Å². The third-order valence-electron chi connectivity index (χ3n) is 6.21. The van der Waals surface area contributed by atoms with Crippen LogP contribution in [0.3, 0.4) is 0 Å². The van der Waals surface area contributed by atoms with Crippen molar-refractivity contribution >= 4 is 27.5 Å². The molecule has 1 aromatic rings. The van der Waals surface area contributed by atoms with E-state index >= 15 is 0 Å².